The van der Waals surface area contributed by atoms with Crippen molar-refractivity contribution >= 4 is 35.9 Å². The molecule has 0 bridgehead atoms. The van der Waals surface area contributed by atoms with Gasteiger partial charge in [0.15, 0.2) is 0 Å². The van der Waals surface area contributed by atoms with Gasteiger partial charge in [-0.3, -0.25) is 38.6 Å². The minimum atomic E-state index is -0.321. The highest BCUT2D eigenvalue weighted by Crippen LogP contribution is 2.03. The normalized spacial score (nSPS) is 14.5. The average Bonchev–Trinajstić information content (AvgIpc) is 3.19. The van der Waals surface area contributed by atoms with Crippen molar-refractivity contribution in [3.8, 4) is 0 Å². The minimum absolute atomic E-state index is 0.0814. The molecule has 2 rings (SSSR count). The molecule has 0 aromatic heterocycles. The Bertz CT molecular complexity index is 691. The minimum Gasteiger partial charge on any atom is -0.357 e. The van der Waals surface area contributed by atoms with E-state index in [1.807, 2.05) is 20.8 Å². The number of nitrogens with zero attached hydrogens (tertiary/aromatic N) is 2. The van der Waals surface area contributed by atoms with E-state index >= 15 is 0 Å². The van der Waals surface area contributed by atoms with Gasteiger partial charge in [-0.1, -0.05) is 20.8 Å². The third-order valence-corrected chi connectivity index (χ3v) is 3.81. The second kappa shape index (κ2) is 14.6. The fourth-order valence-electron chi connectivity index (χ4n) is 2.16. The fourth-order valence-corrected chi connectivity index (χ4v) is 2.16. The first-order valence-electron chi connectivity index (χ1n) is 10.1. The van der Waals surface area contributed by atoms with Crippen LogP contribution in [-0.2, 0) is 28.8 Å². The summed E-state index contributed by atoms with van der Waals surface area (Å²) in [5.74, 6) is -1.19. The summed E-state index contributed by atoms with van der Waals surface area (Å²) in [5.41, 5.74) is 0. The Balaban J connectivity index is 0.000000484. The number of rotatable bonds is 8. The lowest BCUT2D eigenvalue weighted by atomic mass is 10.2. The molecule has 2 N–H and O–H groups in total. The molecule has 0 aliphatic carbocycles. The first kappa shape index (κ1) is 27.7. The molecule has 0 unspecified atom stereocenters. The SMILES string of the molecule is CC(C)C(=O)NCCN1C(=O)C=CC1=O.CC(C)NC=O.CCCN1C(=O)C=CC1=O. The molecular weight excluding hydrogens is 404 g/mol. The fraction of sp³-hybridized carbons (Fsp3) is 0.524. The van der Waals surface area contributed by atoms with Gasteiger partial charge in [0.25, 0.3) is 23.6 Å². The van der Waals surface area contributed by atoms with Gasteiger partial charge in [0, 0.05) is 55.9 Å². The van der Waals surface area contributed by atoms with E-state index in [4.69, 9.17) is 0 Å². The molecule has 0 spiro atoms. The molecule has 0 aromatic rings. The Morgan fingerprint density at radius 3 is 1.58 bits per heavy atom. The van der Waals surface area contributed by atoms with Gasteiger partial charge < -0.3 is 10.6 Å². The van der Waals surface area contributed by atoms with Crippen molar-refractivity contribution < 1.29 is 28.8 Å². The van der Waals surface area contributed by atoms with Gasteiger partial charge in [-0.05, 0) is 20.3 Å². The van der Waals surface area contributed by atoms with Crippen molar-refractivity contribution in [3.63, 3.8) is 0 Å². The monoisotopic (exact) mass is 436 g/mol. The summed E-state index contributed by atoms with van der Waals surface area (Å²) in [6.45, 7) is 10.4. The molecule has 2 heterocycles. The zero-order valence-electron chi connectivity index (χ0n) is 18.7. The van der Waals surface area contributed by atoms with Gasteiger partial charge in [0.1, 0.15) is 0 Å². The van der Waals surface area contributed by atoms with Gasteiger partial charge >= 0.3 is 0 Å². The van der Waals surface area contributed by atoms with Crippen LogP contribution in [0.5, 0.6) is 0 Å². The summed E-state index contributed by atoms with van der Waals surface area (Å²) >= 11 is 0. The van der Waals surface area contributed by atoms with Crippen LogP contribution in [0.25, 0.3) is 0 Å². The van der Waals surface area contributed by atoms with E-state index in [1.165, 1.54) is 29.2 Å². The van der Waals surface area contributed by atoms with E-state index < -0.39 is 0 Å². The first-order valence-corrected chi connectivity index (χ1v) is 10.1. The number of nitrogens with one attached hydrogen (secondary N) is 2. The second-order valence-corrected chi connectivity index (χ2v) is 7.21. The summed E-state index contributed by atoms with van der Waals surface area (Å²) in [6.07, 6.45) is 6.58. The highest BCUT2D eigenvalue weighted by Gasteiger charge is 2.23. The maximum absolute atomic E-state index is 11.2. The van der Waals surface area contributed by atoms with Crippen molar-refractivity contribution in [2.75, 3.05) is 19.6 Å². The molecule has 2 aliphatic rings. The Labute approximate surface area is 182 Å². The zero-order chi connectivity index (χ0) is 24.0. The van der Waals surface area contributed by atoms with Gasteiger partial charge in [-0.2, -0.15) is 0 Å². The number of hydrogen-bond acceptors (Lipinski definition) is 6. The second-order valence-electron chi connectivity index (χ2n) is 7.21. The lowest BCUT2D eigenvalue weighted by molar-refractivity contribution is -0.138. The van der Waals surface area contributed by atoms with Crippen molar-refractivity contribution in [1.29, 1.82) is 0 Å². The van der Waals surface area contributed by atoms with Crippen LogP contribution in [0, 0.1) is 5.92 Å². The first-order chi connectivity index (χ1) is 14.5. The zero-order valence-corrected chi connectivity index (χ0v) is 18.7. The Kier molecular flexibility index (Phi) is 13.1. The molecule has 10 nitrogen and oxygen atoms in total. The maximum Gasteiger partial charge on any atom is 0.253 e. The van der Waals surface area contributed by atoms with Crippen molar-refractivity contribution in [1.82, 2.24) is 20.4 Å². The number of carbonyl (C=O) groups excluding carboxylic acids is 6. The van der Waals surface area contributed by atoms with Gasteiger partial charge in [-0.15, -0.1) is 0 Å². The lowest BCUT2D eigenvalue weighted by Gasteiger charge is -2.14. The van der Waals surface area contributed by atoms with E-state index in [0.717, 1.165) is 11.3 Å². The lowest BCUT2D eigenvalue weighted by Crippen LogP contribution is -2.39. The standard InChI is InChI=1S/C10H14N2O3.C7H9NO2.C4H9NO/c1-7(2)10(15)11-5-6-12-8(13)3-4-9(12)14;1-2-5-8-6(9)3-4-7(8)10;1-4(2)5-3-6/h3-4,7H,5-6H2,1-2H3,(H,11,15);3-4H,2,5H2,1H3;3-4H,1-2H3,(H,5,6). The maximum atomic E-state index is 11.2. The van der Waals surface area contributed by atoms with Crippen LogP contribution in [0.15, 0.2) is 24.3 Å². The molecule has 0 saturated heterocycles. The summed E-state index contributed by atoms with van der Waals surface area (Å²) in [7, 11) is 0. The van der Waals surface area contributed by atoms with Gasteiger partial charge in [0.05, 0.1) is 0 Å². The van der Waals surface area contributed by atoms with Crippen LogP contribution in [0.1, 0.15) is 41.0 Å². The molecule has 6 amide bonds. The van der Waals surface area contributed by atoms with Crippen LogP contribution in [0.3, 0.4) is 0 Å². The topological polar surface area (TPSA) is 133 Å². The summed E-state index contributed by atoms with van der Waals surface area (Å²) in [4.78, 5) is 66.8. The Morgan fingerprint density at radius 1 is 0.871 bits per heavy atom. The van der Waals surface area contributed by atoms with E-state index in [9.17, 15) is 28.8 Å². The van der Waals surface area contributed by atoms with E-state index in [-0.39, 0.29) is 48.0 Å². The highest BCUT2D eigenvalue weighted by atomic mass is 16.2. The average molecular weight is 437 g/mol. The molecular formula is C21H32N4O6. The Morgan fingerprint density at radius 2 is 1.29 bits per heavy atom. The van der Waals surface area contributed by atoms with Crippen LogP contribution in [0.2, 0.25) is 0 Å². The number of carbonyl (C=O) groups is 6. The third-order valence-electron chi connectivity index (χ3n) is 3.81. The Hall–Kier alpha value is -3.30. The molecule has 0 fully saturated rings. The van der Waals surface area contributed by atoms with Crippen molar-refractivity contribution in [2.24, 2.45) is 5.92 Å². The highest BCUT2D eigenvalue weighted by molar-refractivity contribution is 6.13. The molecule has 0 saturated carbocycles. The predicted molar refractivity (Wildman–Crippen MR) is 114 cm³/mol. The number of hydrogen-bond donors (Lipinski definition) is 2. The van der Waals surface area contributed by atoms with Crippen LogP contribution in [-0.4, -0.2) is 71.4 Å². The largest absolute Gasteiger partial charge is 0.357 e. The van der Waals surface area contributed by atoms with E-state index in [0.29, 0.717) is 19.5 Å². The quantitative estimate of drug-likeness (QED) is 0.411. The molecule has 0 atom stereocenters. The van der Waals surface area contributed by atoms with Gasteiger partial charge in [0.2, 0.25) is 12.3 Å². The summed E-state index contributed by atoms with van der Waals surface area (Å²) in [6, 6.07) is 0.280. The molecule has 10 heteroatoms. The van der Waals surface area contributed by atoms with Crippen LogP contribution >= 0.6 is 0 Å². The van der Waals surface area contributed by atoms with Crippen LogP contribution in [0.4, 0.5) is 0 Å². The molecule has 0 radical (unpaired) electrons. The third kappa shape index (κ3) is 10.9. The predicted octanol–water partition coefficient (Wildman–Crippen LogP) is 0.146. The van der Waals surface area contributed by atoms with E-state index in [2.05, 4.69) is 10.6 Å². The van der Waals surface area contributed by atoms with Crippen molar-refractivity contribution in [2.45, 2.75) is 47.1 Å². The molecule has 172 valence electrons. The van der Waals surface area contributed by atoms with Crippen molar-refractivity contribution in [3.05, 3.63) is 24.3 Å². The number of imide groups is 2. The van der Waals surface area contributed by atoms with Crippen LogP contribution < -0.4 is 10.6 Å². The molecule has 0 aromatic carbocycles. The molecule has 2 aliphatic heterocycles. The van der Waals surface area contributed by atoms with E-state index in [1.54, 1.807) is 13.8 Å². The summed E-state index contributed by atoms with van der Waals surface area (Å²) < 4.78 is 0. The summed E-state index contributed by atoms with van der Waals surface area (Å²) in [5, 5.41) is 5.17. The smallest absolute Gasteiger partial charge is 0.253 e. The number of amides is 6. The van der Waals surface area contributed by atoms with Gasteiger partial charge in [-0.25, -0.2) is 0 Å². The molecule has 31 heavy (non-hydrogen) atoms.